The number of para-hydroxylation sites is 1. The third kappa shape index (κ3) is 2.94. The zero-order valence-corrected chi connectivity index (χ0v) is 15.7. The number of carbonyl (C=O) groups excluding carboxylic acids is 1. The molecule has 1 aliphatic heterocycles. The molecule has 3 aromatic rings. The molecule has 0 saturated heterocycles. The van der Waals surface area contributed by atoms with Crippen molar-refractivity contribution in [2.75, 3.05) is 4.90 Å². The number of benzene rings is 1. The van der Waals surface area contributed by atoms with Gasteiger partial charge in [-0.15, -0.1) is 11.8 Å². The maximum atomic E-state index is 13.1. The second-order valence-electron chi connectivity index (χ2n) is 6.47. The first-order valence-electron chi connectivity index (χ1n) is 8.62. The first-order valence-corrected chi connectivity index (χ1v) is 9.50. The van der Waals surface area contributed by atoms with Gasteiger partial charge in [0.05, 0.1) is 24.1 Å². The number of aromatic nitrogens is 1. The quantitative estimate of drug-likeness (QED) is 0.670. The first kappa shape index (κ1) is 17.0. The highest BCUT2D eigenvalue weighted by Crippen LogP contribution is 2.41. The fourth-order valence-corrected chi connectivity index (χ4v) is 4.33. The number of hydrogen-bond donors (Lipinski definition) is 0. The van der Waals surface area contributed by atoms with Crippen molar-refractivity contribution in [2.45, 2.75) is 43.4 Å². The standard InChI is InChI=1S/C20H20N2O3S/c1-12-14(3)26-18-9-5-4-7-16(18)22(12)19(23)11-15-13(2)25-20(21-15)17-8-6-10-24-17/h4-10,12,14H,11H2,1-3H3/t12-,14+/m1/s1. The summed E-state index contributed by atoms with van der Waals surface area (Å²) in [5, 5.41) is 0.325. The van der Waals surface area contributed by atoms with E-state index in [4.69, 9.17) is 8.83 Å². The van der Waals surface area contributed by atoms with Gasteiger partial charge in [-0.05, 0) is 38.1 Å². The highest BCUT2D eigenvalue weighted by molar-refractivity contribution is 8.00. The minimum Gasteiger partial charge on any atom is -0.459 e. The molecule has 1 aliphatic rings. The zero-order chi connectivity index (χ0) is 18.3. The van der Waals surface area contributed by atoms with Crippen LogP contribution in [0.15, 0.2) is 56.4 Å². The minimum atomic E-state index is 0.0273. The molecule has 0 radical (unpaired) electrons. The Hall–Kier alpha value is -2.47. The molecule has 0 saturated carbocycles. The van der Waals surface area contributed by atoms with E-state index in [1.54, 1.807) is 18.4 Å². The Morgan fingerprint density at radius 3 is 2.81 bits per heavy atom. The van der Waals surface area contributed by atoms with Gasteiger partial charge in [0.15, 0.2) is 5.76 Å². The summed E-state index contributed by atoms with van der Waals surface area (Å²) in [5.41, 5.74) is 1.62. The van der Waals surface area contributed by atoms with E-state index in [1.165, 1.54) is 0 Å². The maximum absolute atomic E-state index is 13.1. The van der Waals surface area contributed by atoms with Crippen LogP contribution in [-0.4, -0.2) is 22.2 Å². The van der Waals surface area contributed by atoms with Gasteiger partial charge in [-0.1, -0.05) is 19.1 Å². The number of anilines is 1. The van der Waals surface area contributed by atoms with Crippen LogP contribution in [0.3, 0.4) is 0 Å². The number of aryl methyl sites for hydroxylation is 1. The van der Waals surface area contributed by atoms with E-state index in [9.17, 15) is 4.79 Å². The van der Waals surface area contributed by atoms with Crippen LogP contribution in [0.4, 0.5) is 5.69 Å². The maximum Gasteiger partial charge on any atom is 0.263 e. The molecule has 6 heteroatoms. The average molecular weight is 368 g/mol. The summed E-state index contributed by atoms with van der Waals surface area (Å²) >= 11 is 1.81. The van der Waals surface area contributed by atoms with Crippen molar-refractivity contribution < 1.29 is 13.6 Å². The number of carbonyl (C=O) groups is 1. The number of rotatable bonds is 3. The molecule has 2 atom stereocenters. The van der Waals surface area contributed by atoms with Crippen LogP contribution in [0.5, 0.6) is 0 Å². The Kier molecular flexibility index (Phi) is 4.36. The third-order valence-corrected chi connectivity index (χ3v) is 6.10. The second kappa shape index (κ2) is 6.68. The lowest BCUT2D eigenvalue weighted by atomic mass is 10.1. The van der Waals surface area contributed by atoms with Crippen molar-refractivity contribution in [1.82, 2.24) is 4.98 Å². The van der Waals surface area contributed by atoms with Crippen molar-refractivity contribution in [1.29, 1.82) is 0 Å². The minimum absolute atomic E-state index is 0.0273. The van der Waals surface area contributed by atoms with Crippen molar-refractivity contribution in [3.05, 3.63) is 54.1 Å². The molecule has 0 aliphatic carbocycles. The molecule has 2 aromatic heterocycles. The van der Waals surface area contributed by atoms with Crippen molar-refractivity contribution >= 4 is 23.4 Å². The molecular formula is C20H20N2O3S. The molecule has 0 bridgehead atoms. The van der Waals surface area contributed by atoms with Crippen LogP contribution < -0.4 is 4.90 Å². The summed E-state index contributed by atoms with van der Waals surface area (Å²) in [7, 11) is 0. The number of fused-ring (bicyclic) bond motifs is 1. The number of hydrogen-bond acceptors (Lipinski definition) is 5. The van der Waals surface area contributed by atoms with Gasteiger partial charge < -0.3 is 13.7 Å². The van der Waals surface area contributed by atoms with Crippen LogP contribution in [-0.2, 0) is 11.2 Å². The van der Waals surface area contributed by atoms with E-state index in [-0.39, 0.29) is 18.4 Å². The summed E-state index contributed by atoms with van der Waals surface area (Å²) in [6.45, 7) is 6.07. The molecule has 5 nitrogen and oxygen atoms in total. The summed E-state index contributed by atoms with van der Waals surface area (Å²) in [6.07, 6.45) is 1.77. The average Bonchev–Trinajstić information content (AvgIpc) is 3.26. The smallest absolute Gasteiger partial charge is 0.263 e. The predicted octanol–water partition coefficient (Wildman–Crippen LogP) is 4.70. The van der Waals surface area contributed by atoms with Gasteiger partial charge in [0.1, 0.15) is 5.76 Å². The fraction of sp³-hybridized carbons (Fsp3) is 0.300. The molecule has 1 aromatic carbocycles. The number of furan rings is 1. The molecule has 0 fully saturated rings. The summed E-state index contributed by atoms with van der Waals surface area (Å²) in [4.78, 5) is 20.7. The van der Waals surface area contributed by atoms with Gasteiger partial charge in [-0.3, -0.25) is 4.79 Å². The fourth-order valence-electron chi connectivity index (χ4n) is 3.17. The molecule has 26 heavy (non-hydrogen) atoms. The van der Waals surface area contributed by atoms with Crippen LogP contribution >= 0.6 is 11.8 Å². The van der Waals surface area contributed by atoms with Crippen LogP contribution in [0, 0.1) is 6.92 Å². The van der Waals surface area contributed by atoms with Crippen molar-refractivity contribution in [3.63, 3.8) is 0 Å². The Morgan fingerprint density at radius 1 is 1.23 bits per heavy atom. The molecule has 134 valence electrons. The van der Waals surface area contributed by atoms with E-state index >= 15 is 0 Å². The summed E-state index contributed by atoms with van der Waals surface area (Å²) in [5.74, 6) is 1.64. The first-order chi connectivity index (χ1) is 12.5. The van der Waals surface area contributed by atoms with Crippen LogP contribution in [0.25, 0.3) is 11.7 Å². The lowest BCUT2D eigenvalue weighted by molar-refractivity contribution is -0.118. The van der Waals surface area contributed by atoms with E-state index in [0.717, 1.165) is 10.6 Å². The lowest BCUT2D eigenvalue weighted by Crippen LogP contribution is -2.46. The Bertz CT molecular complexity index is 932. The van der Waals surface area contributed by atoms with Gasteiger partial charge in [0, 0.05) is 16.2 Å². The molecule has 3 heterocycles. The van der Waals surface area contributed by atoms with Crippen molar-refractivity contribution in [2.24, 2.45) is 0 Å². The molecule has 1 amide bonds. The van der Waals surface area contributed by atoms with Gasteiger partial charge in [-0.25, -0.2) is 4.98 Å². The number of oxazole rings is 1. The lowest BCUT2D eigenvalue weighted by Gasteiger charge is -2.38. The predicted molar refractivity (Wildman–Crippen MR) is 101 cm³/mol. The van der Waals surface area contributed by atoms with E-state index in [0.29, 0.717) is 28.4 Å². The Morgan fingerprint density at radius 2 is 2.04 bits per heavy atom. The van der Waals surface area contributed by atoms with E-state index < -0.39 is 0 Å². The summed E-state index contributed by atoms with van der Waals surface area (Å²) < 4.78 is 11.0. The third-order valence-electron chi connectivity index (χ3n) is 4.74. The molecule has 0 unspecified atom stereocenters. The van der Waals surface area contributed by atoms with Gasteiger partial charge >= 0.3 is 0 Å². The van der Waals surface area contributed by atoms with Crippen LogP contribution in [0.2, 0.25) is 0 Å². The highest BCUT2D eigenvalue weighted by atomic mass is 32.2. The van der Waals surface area contributed by atoms with Crippen LogP contribution in [0.1, 0.15) is 25.3 Å². The normalized spacial score (nSPS) is 19.4. The Balaban J connectivity index is 1.62. The Labute approximate surface area is 156 Å². The zero-order valence-electron chi connectivity index (χ0n) is 14.9. The number of nitrogens with zero attached hydrogens (tertiary/aromatic N) is 2. The number of amides is 1. The summed E-state index contributed by atoms with van der Waals surface area (Å²) in [6, 6.07) is 11.7. The molecular weight excluding hydrogens is 348 g/mol. The molecule has 0 spiro atoms. The number of thioether (sulfide) groups is 1. The largest absolute Gasteiger partial charge is 0.459 e. The van der Waals surface area contributed by atoms with E-state index in [2.05, 4.69) is 24.9 Å². The molecule has 4 rings (SSSR count). The SMILES string of the molecule is Cc1oc(-c2ccco2)nc1CC(=O)N1c2ccccc2S[C@@H](C)[C@H]1C. The molecule has 0 N–H and O–H groups in total. The second-order valence-corrected chi connectivity index (χ2v) is 7.89. The monoisotopic (exact) mass is 368 g/mol. The van der Waals surface area contributed by atoms with Crippen molar-refractivity contribution in [3.8, 4) is 11.7 Å². The topological polar surface area (TPSA) is 59.5 Å². The van der Waals surface area contributed by atoms with Gasteiger partial charge in [-0.2, -0.15) is 0 Å². The highest BCUT2D eigenvalue weighted by Gasteiger charge is 2.33. The van der Waals surface area contributed by atoms with Gasteiger partial charge in [0.25, 0.3) is 5.89 Å². The van der Waals surface area contributed by atoms with Gasteiger partial charge in [0.2, 0.25) is 5.91 Å². The van der Waals surface area contributed by atoms with E-state index in [1.807, 2.05) is 41.8 Å².